The second kappa shape index (κ2) is 5.48. The fourth-order valence-electron chi connectivity index (χ4n) is 1.97. The van der Waals surface area contributed by atoms with Crippen LogP contribution in [0.15, 0.2) is 18.3 Å². The molecule has 1 unspecified atom stereocenters. The summed E-state index contributed by atoms with van der Waals surface area (Å²) in [5, 5.41) is 0.760. The average Bonchev–Trinajstić information content (AvgIpc) is 2.79. The molecule has 5 nitrogen and oxygen atoms in total. The Hall–Kier alpha value is -1.43. The number of amides is 1. The third kappa shape index (κ3) is 2.38. The van der Waals surface area contributed by atoms with E-state index in [-0.39, 0.29) is 11.8 Å². The first-order valence-corrected chi connectivity index (χ1v) is 6.69. The average molecular weight is 313 g/mol. The number of anilines is 1. The van der Waals surface area contributed by atoms with Gasteiger partial charge in [-0.1, -0.05) is 15.9 Å². The minimum absolute atomic E-state index is 0.0108. The maximum atomic E-state index is 11.9. The van der Waals surface area contributed by atoms with Crippen LogP contribution in [-0.4, -0.2) is 35.8 Å². The van der Waals surface area contributed by atoms with Gasteiger partial charge in [-0.2, -0.15) is 0 Å². The summed E-state index contributed by atoms with van der Waals surface area (Å²) < 4.78 is 4.70. The molecule has 18 heavy (non-hydrogen) atoms. The zero-order valence-electron chi connectivity index (χ0n) is 9.93. The summed E-state index contributed by atoms with van der Waals surface area (Å²) in [6.45, 7) is 0.574. The molecule has 1 amide bonds. The number of hydrogen-bond donors (Lipinski definition) is 0. The standard InChI is InChI=1S/C12H13BrN2O3/c1-18-12(17)9-3-2-4-14-11(9)15-7-8(6-13)5-10(15)16/h2-4,8H,5-7H2,1H3. The molecular formula is C12H13BrN2O3. The van der Waals surface area contributed by atoms with Gasteiger partial charge in [-0.05, 0) is 18.1 Å². The minimum atomic E-state index is -0.479. The summed E-state index contributed by atoms with van der Waals surface area (Å²) in [6, 6.07) is 3.27. The number of carbonyl (C=O) groups excluding carboxylic acids is 2. The van der Waals surface area contributed by atoms with E-state index in [4.69, 9.17) is 4.74 Å². The van der Waals surface area contributed by atoms with Crippen molar-refractivity contribution in [1.29, 1.82) is 0 Å². The summed E-state index contributed by atoms with van der Waals surface area (Å²) in [5.41, 5.74) is 0.323. The van der Waals surface area contributed by atoms with Gasteiger partial charge in [0.05, 0.1) is 7.11 Å². The van der Waals surface area contributed by atoms with Crippen molar-refractivity contribution in [2.24, 2.45) is 5.92 Å². The van der Waals surface area contributed by atoms with E-state index in [0.717, 1.165) is 5.33 Å². The molecular weight excluding hydrogens is 300 g/mol. The van der Waals surface area contributed by atoms with E-state index < -0.39 is 5.97 Å². The number of alkyl halides is 1. The third-order valence-corrected chi connectivity index (χ3v) is 3.79. The molecule has 1 fully saturated rings. The van der Waals surface area contributed by atoms with Crippen LogP contribution in [0.2, 0.25) is 0 Å². The predicted octanol–water partition coefficient (Wildman–Crippen LogP) is 1.62. The molecule has 96 valence electrons. The van der Waals surface area contributed by atoms with Crippen molar-refractivity contribution in [3.63, 3.8) is 0 Å². The van der Waals surface area contributed by atoms with Crippen LogP contribution in [0.3, 0.4) is 0 Å². The molecule has 0 radical (unpaired) electrons. The fraction of sp³-hybridized carbons (Fsp3) is 0.417. The van der Waals surface area contributed by atoms with Crippen LogP contribution in [0, 0.1) is 5.92 Å². The number of hydrogen-bond acceptors (Lipinski definition) is 4. The van der Waals surface area contributed by atoms with Gasteiger partial charge in [0, 0.05) is 24.5 Å². The maximum absolute atomic E-state index is 11.9. The van der Waals surface area contributed by atoms with Crippen molar-refractivity contribution in [2.45, 2.75) is 6.42 Å². The SMILES string of the molecule is COC(=O)c1cccnc1N1CC(CBr)CC1=O. The monoisotopic (exact) mass is 312 g/mol. The zero-order valence-corrected chi connectivity index (χ0v) is 11.5. The number of esters is 1. The first-order valence-electron chi connectivity index (χ1n) is 5.57. The number of nitrogens with zero attached hydrogens (tertiary/aromatic N) is 2. The Labute approximate surface area is 113 Å². The number of halogens is 1. The van der Waals surface area contributed by atoms with Crippen LogP contribution in [0.25, 0.3) is 0 Å². The summed E-state index contributed by atoms with van der Waals surface area (Å²) in [6.07, 6.45) is 2.04. The van der Waals surface area contributed by atoms with Crippen LogP contribution in [0.1, 0.15) is 16.8 Å². The molecule has 2 heterocycles. The smallest absolute Gasteiger partial charge is 0.341 e. The Bertz CT molecular complexity index is 478. The Morgan fingerprint density at radius 3 is 3.06 bits per heavy atom. The summed E-state index contributed by atoms with van der Waals surface area (Å²) in [4.78, 5) is 29.3. The molecule has 0 spiro atoms. The number of pyridine rings is 1. The number of ether oxygens (including phenoxy) is 1. The first kappa shape index (κ1) is 13.0. The van der Waals surface area contributed by atoms with Gasteiger partial charge < -0.3 is 4.74 Å². The molecule has 0 bridgehead atoms. The van der Waals surface area contributed by atoms with Crippen LogP contribution in [0.4, 0.5) is 5.82 Å². The van der Waals surface area contributed by atoms with Crippen LogP contribution >= 0.6 is 15.9 Å². The molecule has 0 aromatic carbocycles. The van der Waals surface area contributed by atoms with Crippen molar-refractivity contribution < 1.29 is 14.3 Å². The molecule has 1 aliphatic rings. The van der Waals surface area contributed by atoms with E-state index >= 15 is 0 Å². The van der Waals surface area contributed by atoms with Gasteiger partial charge in [-0.15, -0.1) is 0 Å². The normalized spacial score (nSPS) is 19.1. The number of methoxy groups -OCH3 is 1. The second-order valence-electron chi connectivity index (χ2n) is 4.09. The summed E-state index contributed by atoms with van der Waals surface area (Å²) in [7, 11) is 1.31. The lowest BCUT2D eigenvalue weighted by Gasteiger charge is -2.17. The van der Waals surface area contributed by atoms with Gasteiger partial charge >= 0.3 is 5.97 Å². The van der Waals surface area contributed by atoms with E-state index in [1.807, 2.05) is 0 Å². The number of carbonyl (C=O) groups is 2. The molecule has 1 aromatic heterocycles. The van der Waals surface area contributed by atoms with Crippen LogP contribution in [-0.2, 0) is 9.53 Å². The largest absolute Gasteiger partial charge is 0.465 e. The Balaban J connectivity index is 2.34. The van der Waals surface area contributed by atoms with E-state index in [0.29, 0.717) is 24.3 Å². The van der Waals surface area contributed by atoms with Crippen LogP contribution in [0.5, 0.6) is 0 Å². The predicted molar refractivity (Wildman–Crippen MR) is 69.8 cm³/mol. The van der Waals surface area contributed by atoms with Crippen molar-refractivity contribution in [3.05, 3.63) is 23.9 Å². The lowest BCUT2D eigenvalue weighted by Crippen LogP contribution is -2.28. The number of rotatable bonds is 3. The first-order chi connectivity index (χ1) is 8.67. The molecule has 0 saturated carbocycles. The van der Waals surface area contributed by atoms with Crippen molar-refractivity contribution >= 4 is 33.6 Å². The molecule has 6 heteroatoms. The highest BCUT2D eigenvalue weighted by Gasteiger charge is 2.33. The lowest BCUT2D eigenvalue weighted by molar-refractivity contribution is -0.117. The molecule has 1 saturated heterocycles. The molecule has 1 aromatic rings. The molecule has 0 N–H and O–H groups in total. The lowest BCUT2D eigenvalue weighted by atomic mass is 10.2. The topological polar surface area (TPSA) is 59.5 Å². The van der Waals surface area contributed by atoms with E-state index in [9.17, 15) is 9.59 Å². The minimum Gasteiger partial charge on any atom is -0.465 e. The molecule has 1 atom stereocenters. The van der Waals surface area contributed by atoms with Gasteiger partial charge in [0.25, 0.3) is 0 Å². The quantitative estimate of drug-likeness (QED) is 0.628. The highest BCUT2D eigenvalue weighted by atomic mass is 79.9. The summed E-state index contributed by atoms with van der Waals surface area (Å²) >= 11 is 3.37. The van der Waals surface area contributed by atoms with Gasteiger partial charge in [-0.3, -0.25) is 9.69 Å². The Morgan fingerprint density at radius 2 is 2.44 bits per heavy atom. The van der Waals surface area contributed by atoms with Crippen molar-refractivity contribution in [3.8, 4) is 0 Å². The van der Waals surface area contributed by atoms with Gasteiger partial charge in [0.2, 0.25) is 5.91 Å². The van der Waals surface area contributed by atoms with E-state index in [1.54, 1.807) is 23.2 Å². The number of aromatic nitrogens is 1. The highest BCUT2D eigenvalue weighted by Crippen LogP contribution is 2.27. The van der Waals surface area contributed by atoms with Gasteiger partial charge in [0.1, 0.15) is 11.4 Å². The maximum Gasteiger partial charge on any atom is 0.341 e. The van der Waals surface area contributed by atoms with E-state index in [1.165, 1.54) is 7.11 Å². The fourth-order valence-corrected chi connectivity index (χ4v) is 2.40. The van der Waals surface area contributed by atoms with Crippen molar-refractivity contribution in [1.82, 2.24) is 4.98 Å². The zero-order chi connectivity index (χ0) is 13.1. The van der Waals surface area contributed by atoms with E-state index in [2.05, 4.69) is 20.9 Å². The van der Waals surface area contributed by atoms with Gasteiger partial charge in [0.15, 0.2) is 0 Å². The third-order valence-electron chi connectivity index (χ3n) is 2.87. The second-order valence-corrected chi connectivity index (χ2v) is 4.74. The Kier molecular flexibility index (Phi) is 3.96. The highest BCUT2D eigenvalue weighted by molar-refractivity contribution is 9.09. The molecule has 2 rings (SSSR count). The Morgan fingerprint density at radius 1 is 1.67 bits per heavy atom. The molecule has 0 aliphatic carbocycles. The van der Waals surface area contributed by atoms with Gasteiger partial charge in [-0.25, -0.2) is 9.78 Å². The summed E-state index contributed by atoms with van der Waals surface area (Å²) in [5.74, 6) is 0.152. The van der Waals surface area contributed by atoms with Crippen molar-refractivity contribution in [2.75, 3.05) is 23.9 Å². The molecule has 1 aliphatic heterocycles. The van der Waals surface area contributed by atoms with Crippen LogP contribution < -0.4 is 4.90 Å².